The first-order valence-electron chi connectivity index (χ1n) is 6.52. The van der Waals surface area contributed by atoms with Crippen molar-refractivity contribution < 1.29 is 9.47 Å². The lowest BCUT2D eigenvalue weighted by molar-refractivity contribution is 0.180. The van der Waals surface area contributed by atoms with E-state index in [1.807, 2.05) is 31.3 Å². The second-order valence-electron chi connectivity index (χ2n) is 4.46. The van der Waals surface area contributed by atoms with E-state index in [4.69, 9.17) is 9.47 Å². The summed E-state index contributed by atoms with van der Waals surface area (Å²) in [6, 6.07) is 7.93. The monoisotopic (exact) mass is 399 g/mol. The number of aromatic nitrogens is 2. The number of rotatable bonds is 6. The highest BCUT2D eigenvalue weighted by molar-refractivity contribution is 14.1. The largest absolute Gasteiger partial charge is 0.497 e. The summed E-state index contributed by atoms with van der Waals surface area (Å²) < 4.78 is 11.4. The molecule has 1 heterocycles. The van der Waals surface area contributed by atoms with Crippen LogP contribution in [0.25, 0.3) is 0 Å². The summed E-state index contributed by atoms with van der Waals surface area (Å²) in [6.45, 7) is 0.473. The fraction of sp³-hybridized carbons (Fsp3) is 0.333. The second kappa shape index (κ2) is 7.56. The van der Waals surface area contributed by atoms with Gasteiger partial charge in [0.1, 0.15) is 17.4 Å². The van der Waals surface area contributed by atoms with Crippen LogP contribution in [0.3, 0.4) is 0 Å². The normalized spacial score (nSPS) is 10.5. The number of ether oxygens (including phenoxy) is 2. The Hall–Kier alpha value is -1.41. The summed E-state index contributed by atoms with van der Waals surface area (Å²) in [6.07, 6.45) is 0.652. The Bertz CT molecular complexity index is 620. The number of nitrogens with zero attached hydrogens (tertiary/aromatic N) is 2. The topological polar surface area (TPSA) is 56.3 Å². The van der Waals surface area contributed by atoms with E-state index >= 15 is 0 Å². The molecule has 0 atom stereocenters. The third-order valence-electron chi connectivity index (χ3n) is 2.98. The van der Waals surface area contributed by atoms with E-state index < -0.39 is 0 Å². The summed E-state index contributed by atoms with van der Waals surface area (Å²) in [5.41, 5.74) is 2.01. The first-order valence-corrected chi connectivity index (χ1v) is 7.60. The number of benzene rings is 1. The van der Waals surface area contributed by atoms with Gasteiger partial charge < -0.3 is 14.8 Å². The molecule has 2 aromatic rings. The summed E-state index contributed by atoms with van der Waals surface area (Å²) in [4.78, 5) is 9.16. The SMILES string of the molecule is CNc1nc(Cc2cccc(OC)c2)nc(COC)c1I. The van der Waals surface area contributed by atoms with Crippen molar-refractivity contribution in [3.8, 4) is 5.75 Å². The Morgan fingerprint density at radius 2 is 2.05 bits per heavy atom. The first kappa shape index (κ1) is 16.0. The Labute approximate surface area is 138 Å². The highest BCUT2D eigenvalue weighted by Crippen LogP contribution is 2.21. The van der Waals surface area contributed by atoms with Crippen molar-refractivity contribution in [2.45, 2.75) is 13.0 Å². The van der Waals surface area contributed by atoms with Crippen LogP contribution < -0.4 is 10.1 Å². The van der Waals surface area contributed by atoms with Crippen LogP contribution in [0.15, 0.2) is 24.3 Å². The van der Waals surface area contributed by atoms with Crippen LogP contribution in [-0.4, -0.2) is 31.2 Å². The minimum atomic E-state index is 0.473. The van der Waals surface area contributed by atoms with Crippen LogP contribution >= 0.6 is 22.6 Å². The molecule has 0 fully saturated rings. The maximum Gasteiger partial charge on any atom is 0.143 e. The lowest BCUT2D eigenvalue weighted by atomic mass is 10.1. The molecule has 0 saturated heterocycles. The molecule has 0 aliphatic carbocycles. The predicted octanol–water partition coefficient (Wildman–Crippen LogP) is 2.87. The number of anilines is 1. The molecule has 0 bridgehead atoms. The molecule has 0 aliphatic rings. The quantitative estimate of drug-likeness (QED) is 0.758. The van der Waals surface area contributed by atoms with Crippen molar-refractivity contribution in [2.24, 2.45) is 0 Å². The van der Waals surface area contributed by atoms with Crippen molar-refractivity contribution >= 4 is 28.4 Å². The van der Waals surface area contributed by atoms with Gasteiger partial charge in [-0.05, 0) is 40.3 Å². The molecule has 0 unspecified atom stereocenters. The summed E-state index contributed by atoms with van der Waals surface area (Å²) in [5, 5.41) is 3.10. The Morgan fingerprint density at radius 1 is 1.24 bits per heavy atom. The smallest absolute Gasteiger partial charge is 0.143 e. The molecule has 2 rings (SSSR count). The van der Waals surface area contributed by atoms with E-state index in [0.29, 0.717) is 13.0 Å². The van der Waals surface area contributed by atoms with Crippen LogP contribution in [0, 0.1) is 3.57 Å². The van der Waals surface area contributed by atoms with Gasteiger partial charge in [0.15, 0.2) is 0 Å². The van der Waals surface area contributed by atoms with Gasteiger partial charge in [-0.15, -0.1) is 0 Å². The zero-order valence-electron chi connectivity index (χ0n) is 12.3. The maximum absolute atomic E-state index is 5.24. The van der Waals surface area contributed by atoms with E-state index in [-0.39, 0.29) is 0 Å². The van der Waals surface area contributed by atoms with Gasteiger partial charge in [0, 0.05) is 20.6 Å². The average Bonchev–Trinajstić information content (AvgIpc) is 2.50. The average molecular weight is 399 g/mol. The minimum Gasteiger partial charge on any atom is -0.497 e. The minimum absolute atomic E-state index is 0.473. The van der Waals surface area contributed by atoms with Crippen molar-refractivity contribution in [2.75, 3.05) is 26.6 Å². The molecule has 0 amide bonds. The molecule has 0 spiro atoms. The molecule has 1 N–H and O–H groups in total. The molecule has 1 aromatic carbocycles. The van der Waals surface area contributed by atoms with E-state index in [1.54, 1.807) is 14.2 Å². The van der Waals surface area contributed by atoms with Crippen LogP contribution in [0.5, 0.6) is 5.75 Å². The fourth-order valence-corrected chi connectivity index (χ4v) is 2.65. The van der Waals surface area contributed by atoms with Gasteiger partial charge in [0.05, 0.1) is 23.0 Å². The number of methoxy groups -OCH3 is 2. The molecule has 0 radical (unpaired) electrons. The first-order chi connectivity index (χ1) is 10.2. The van der Waals surface area contributed by atoms with Gasteiger partial charge in [0.2, 0.25) is 0 Å². The van der Waals surface area contributed by atoms with E-state index in [2.05, 4.69) is 37.9 Å². The Morgan fingerprint density at radius 3 is 2.71 bits per heavy atom. The van der Waals surface area contributed by atoms with Gasteiger partial charge in [-0.25, -0.2) is 9.97 Å². The number of nitrogens with one attached hydrogen (secondary N) is 1. The van der Waals surface area contributed by atoms with Gasteiger partial charge in [-0.2, -0.15) is 0 Å². The van der Waals surface area contributed by atoms with Crippen LogP contribution in [0.1, 0.15) is 17.1 Å². The predicted molar refractivity (Wildman–Crippen MR) is 90.8 cm³/mol. The molecule has 5 nitrogen and oxygen atoms in total. The van der Waals surface area contributed by atoms with Crippen molar-refractivity contribution in [1.82, 2.24) is 9.97 Å². The lowest BCUT2D eigenvalue weighted by Gasteiger charge is -2.11. The number of hydrogen-bond acceptors (Lipinski definition) is 5. The molecule has 6 heteroatoms. The summed E-state index contributed by atoms with van der Waals surface area (Å²) in [7, 11) is 5.19. The van der Waals surface area contributed by atoms with Gasteiger partial charge >= 0.3 is 0 Å². The zero-order valence-corrected chi connectivity index (χ0v) is 14.5. The maximum atomic E-state index is 5.24. The number of halogens is 1. The molecular weight excluding hydrogens is 381 g/mol. The molecule has 21 heavy (non-hydrogen) atoms. The fourth-order valence-electron chi connectivity index (χ4n) is 1.99. The molecule has 0 aliphatic heterocycles. The van der Waals surface area contributed by atoms with Crippen LogP contribution in [0.4, 0.5) is 5.82 Å². The van der Waals surface area contributed by atoms with Gasteiger partial charge in [-0.1, -0.05) is 12.1 Å². The standard InChI is InChI=1S/C15H18IN3O2/c1-17-15-14(16)12(9-20-2)18-13(19-15)8-10-5-4-6-11(7-10)21-3/h4-7H,8-9H2,1-3H3,(H,17,18,19). The third kappa shape index (κ3) is 4.04. The Kier molecular flexibility index (Phi) is 5.75. The lowest BCUT2D eigenvalue weighted by Crippen LogP contribution is -2.09. The van der Waals surface area contributed by atoms with Crippen molar-refractivity contribution in [3.05, 3.63) is 44.9 Å². The van der Waals surface area contributed by atoms with Gasteiger partial charge in [0.25, 0.3) is 0 Å². The van der Waals surface area contributed by atoms with E-state index in [1.165, 1.54) is 0 Å². The molecule has 0 saturated carbocycles. The molecule has 1 aromatic heterocycles. The van der Waals surface area contributed by atoms with Crippen LogP contribution in [0.2, 0.25) is 0 Å². The summed E-state index contributed by atoms with van der Waals surface area (Å²) in [5.74, 6) is 2.43. The van der Waals surface area contributed by atoms with Gasteiger partial charge in [-0.3, -0.25) is 0 Å². The van der Waals surface area contributed by atoms with Crippen molar-refractivity contribution in [1.29, 1.82) is 0 Å². The second-order valence-corrected chi connectivity index (χ2v) is 5.54. The van der Waals surface area contributed by atoms with Crippen LogP contribution in [-0.2, 0) is 17.8 Å². The van der Waals surface area contributed by atoms with Crippen molar-refractivity contribution in [3.63, 3.8) is 0 Å². The van der Waals surface area contributed by atoms with E-state index in [9.17, 15) is 0 Å². The summed E-state index contributed by atoms with van der Waals surface area (Å²) >= 11 is 2.24. The molecule has 112 valence electrons. The molecular formula is C15H18IN3O2. The number of hydrogen-bond donors (Lipinski definition) is 1. The van der Waals surface area contributed by atoms with E-state index in [0.717, 1.165) is 32.2 Å². The zero-order chi connectivity index (χ0) is 15.2. The Balaban J connectivity index is 2.32. The third-order valence-corrected chi connectivity index (χ3v) is 4.11. The highest BCUT2D eigenvalue weighted by Gasteiger charge is 2.12. The highest BCUT2D eigenvalue weighted by atomic mass is 127.